The van der Waals surface area contributed by atoms with E-state index in [-0.39, 0.29) is 0 Å². The highest BCUT2D eigenvalue weighted by molar-refractivity contribution is 5.59. The molecule has 5 heteroatoms. The minimum absolute atomic E-state index is 0.586. The summed E-state index contributed by atoms with van der Waals surface area (Å²) in [5.74, 6) is 2.57. The van der Waals surface area contributed by atoms with Gasteiger partial charge in [0.15, 0.2) is 0 Å². The van der Waals surface area contributed by atoms with Crippen molar-refractivity contribution in [2.45, 2.75) is 56.9 Å². The molecule has 3 fully saturated rings. The van der Waals surface area contributed by atoms with Gasteiger partial charge in [-0.25, -0.2) is 4.98 Å². The van der Waals surface area contributed by atoms with Crippen molar-refractivity contribution in [2.75, 3.05) is 32.7 Å². The second-order valence-electron chi connectivity index (χ2n) is 8.49. The van der Waals surface area contributed by atoms with Gasteiger partial charge in [-0.05, 0) is 76.8 Å². The molecule has 1 saturated carbocycles. The van der Waals surface area contributed by atoms with E-state index in [1.54, 1.807) is 0 Å². The number of likely N-dealkylation sites (tertiary alicyclic amines) is 1. The van der Waals surface area contributed by atoms with Crippen LogP contribution in [0.3, 0.4) is 0 Å². The molecule has 0 bridgehead atoms. The topological polar surface area (TPSA) is 46.0 Å². The molecule has 2 aliphatic heterocycles. The number of pyridine rings is 1. The number of nitrogens with one attached hydrogen (secondary N) is 1. The number of nitrogens with zero attached hydrogens (tertiary/aromatic N) is 4. The standard InChI is InChI=1S/C22H31N5/c1-2-12-26(11-1)13-14-27-16-21(25-22(27)18-5-8-23-9-6-18)19-7-10-24-20(15-19)17-3-4-17/h7,10,15-18,23H,1-6,8-9,11-14H2. The lowest BCUT2D eigenvalue weighted by Crippen LogP contribution is -2.29. The Kier molecular flexibility index (Phi) is 4.97. The predicted octanol–water partition coefficient (Wildman–Crippen LogP) is 3.39. The van der Waals surface area contributed by atoms with E-state index in [1.165, 1.54) is 68.7 Å². The van der Waals surface area contributed by atoms with Crippen molar-refractivity contribution >= 4 is 0 Å². The summed E-state index contributed by atoms with van der Waals surface area (Å²) in [6.45, 7) is 6.96. The van der Waals surface area contributed by atoms with Crippen LogP contribution in [0.25, 0.3) is 11.3 Å². The van der Waals surface area contributed by atoms with Crippen molar-refractivity contribution in [1.82, 2.24) is 24.8 Å². The van der Waals surface area contributed by atoms with Gasteiger partial charge in [0.25, 0.3) is 0 Å². The van der Waals surface area contributed by atoms with Crippen molar-refractivity contribution < 1.29 is 0 Å². The molecule has 0 amide bonds. The van der Waals surface area contributed by atoms with Crippen LogP contribution in [0.2, 0.25) is 0 Å². The monoisotopic (exact) mass is 365 g/mol. The van der Waals surface area contributed by atoms with Crippen LogP contribution < -0.4 is 5.32 Å². The van der Waals surface area contributed by atoms with E-state index in [0.717, 1.165) is 31.9 Å². The first-order valence-electron chi connectivity index (χ1n) is 10.8. The van der Waals surface area contributed by atoms with Crippen molar-refractivity contribution in [2.24, 2.45) is 0 Å². The normalized spacial score (nSPS) is 21.8. The van der Waals surface area contributed by atoms with Gasteiger partial charge in [0.1, 0.15) is 5.82 Å². The number of hydrogen-bond acceptors (Lipinski definition) is 4. The summed E-state index contributed by atoms with van der Waals surface area (Å²) in [5, 5.41) is 3.49. The Hall–Kier alpha value is -1.72. The highest BCUT2D eigenvalue weighted by Crippen LogP contribution is 2.40. The van der Waals surface area contributed by atoms with Crippen molar-refractivity contribution in [3.63, 3.8) is 0 Å². The Bertz CT molecular complexity index is 767. The molecular weight excluding hydrogens is 334 g/mol. The van der Waals surface area contributed by atoms with Gasteiger partial charge in [0, 0.05) is 48.6 Å². The van der Waals surface area contributed by atoms with E-state index in [2.05, 4.69) is 38.1 Å². The summed E-state index contributed by atoms with van der Waals surface area (Å²) in [6.07, 6.45) is 12.0. The zero-order valence-corrected chi connectivity index (χ0v) is 16.2. The summed E-state index contributed by atoms with van der Waals surface area (Å²) < 4.78 is 2.46. The molecule has 2 saturated heterocycles. The van der Waals surface area contributed by atoms with Gasteiger partial charge in [0.05, 0.1) is 5.69 Å². The fourth-order valence-electron chi connectivity index (χ4n) is 4.62. The molecule has 27 heavy (non-hydrogen) atoms. The molecule has 0 radical (unpaired) electrons. The van der Waals surface area contributed by atoms with Crippen LogP contribution in [0.4, 0.5) is 0 Å². The van der Waals surface area contributed by atoms with Gasteiger partial charge < -0.3 is 14.8 Å². The van der Waals surface area contributed by atoms with E-state index in [9.17, 15) is 0 Å². The molecule has 144 valence electrons. The average molecular weight is 366 g/mol. The third-order valence-electron chi connectivity index (χ3n) is 6.44. The first-order valence-corrected chi connectivity index (χ1v) is 10.8. The van der Waals surface area contributed by atoms with Crippen LogP contribution in [-0.4, -0.2) is 52.2 Å². The van der Waals surface area contributed by atoms with E-state index >= 15 is 0 Å². The molecule has 3 aliphatic rings. The van der Waals surface area contributed by atoms with Gasteiger partial charge in [0.2, 0.25) is 0 Å². The molecule has 0 aromatic carbocycles. The summed E-state index contributed by atoms with van der Waals surface area (Å²) in [6, 6.07) is 4.41. The number of hydrogen-bond donors (Lipinski definition) is 1. The van der Waals surface area contributed by atoms with E-state index in [4.69, 9.17) is 4.98 Å². The molecule has 1 N–H and O–H groups in total. The second kappa shape index (κ2) is 7.72. The molecule has 0 spiro atoms. The van der Waals surface area contributed by atoms with Gasteiger partial charge >= 0.3 is 0 Å². The van der Waals surface area contributed by atoms with Crippen LogP contribution in [0.1, 0.15) is 61.9 Å². The molecule has 5 nitrogen and oxygen atoms in total. The van der Waals surface area contributed by atoms with Gasteiger partial charge in [-0.15, -0.1) is 0 Å². The third kappa shape index (κ3) is 3.94. The molecule has 1 aliphatic carbocycles. The number of imidazole rings is 1. The Morgan fingerprint density at radius 3 is 2.59 bits per heavy atom. The maximum Gasteiger partial charge on any atom is 0.112 e. The Morgan fingerprint density at radius 2 is 1.81 bits per heavy atom. The van der Waals surface area contributed by atoms with Crippen molar-refractivity contribution in [3.05, 3.63) is 36.0 Å². The Labute approximate surface area is 162 Å². The van der Waals surface area contributed by atoms with Gasteiger partial charge in [-0.3, -0.25) is 4.98 Å². The summed E-state index contributed by atoms with van der Waals surface area (Å²) >= 11 is 0. The first kappa shape index (κ1) is 17.4. The van der Waals surface area contributed by atoms with Crippen molar-refractivity contribution in [3.8, 4) is 11.3 Å². The number of piperidine rings is 1. The molecule has 0 unspecified atom stereocenters. The fourth-order valence-corrected chi connectivity index (χ4v) is 4.62. The van der Waals surface area contributed by atoms with Gasteiger partial charge in [-0.1, -0.05) is 0 Å². The predicted molar refractivity (Wildman–Crippen MR) is 108 cm³/mol. The average Bonchev–Trinajstić information content (AvgIpc) is 3.27. The lowest BCUT2D eigenvalue weighted by atomic mass is 9.97. The van der Waals surface area contributed by atoms with Crippen LogP contribution in [0, 0.1) is 0 Å². The quantitative estimate of drug-likeness (QED) is 0.852. The zero-order chi connectivity index (χ0) is 18.1. The first-order chi connectivity index (χ1) is 13.4. The largest absolute Gasteiger partial charge is 0.333 e. The van der Waals surface area contributed by atoms with E-state index in [1.807, 2.05) is 6.20 Å². The minimum atomic E-state index is 0.586. The Morgan fingerprint density at radius 1 is 1.00 bits per heavy atom. The van der Waals surface area contributed by atoms with E-state index < -0.39 is 0 Å². The third-order valence-corrected chi connectivity index (χ3v) is 6.44. The fraction of sp³-hybridized carbons (Fsp3) is 0.636. The highest BCUT2D eigenvalue weighted by atomic mass is 15.2. The SMILES string of the molecule is c1cc(-c2cn(CCN3CCCC3)c(C3CCNCC3)n2)cc(C2CC2)n1. The van der Waals surface area contributed by atoms with Crippen molar-refractivity contribution in [1.29, 1.82) is 0 Å². The molecule has 5 rings (SSSR count). The van der Waals surface area contributed by atoms with Crippen LogP contribution in [0.5, 0.6) is 0 Å². The smallest absolute Gasteiger partial charge is 0.112 e. The lowest BCUT2D eigenvalue weighted by Gasteiger charge is -2.24. The zero-order valence-electron chi connectivity index (χ0n) is 16.2. The summed E-state index contributed by atoms with van der Waals surface area (Å²) in [7, 11) is 0. The molecule has 4 heterocycles. The number of rotatable bonds is 6. The Balaban J connectivity index is 1.41. The number of aromatic nitrogens is 3. The maximum atomic E-state index is 5.16. The summed E-state index contributed by atoms with van der Waals surface area (Å²) in [5.41, 5.74) is 3.62. The maximum absolute atomic E-state index is 5.16. The van der Waals surface area contributed by atoms with Crippen LogP contribution >= 0.6 is 0 Å². The van der Waals surface area contributed by atoms with E-state index in [0.29, 0.717) is 11.8 Å². The molecule has 0 atom stereocenters. The lowest BCUT2D eigenvalue weighted by molar-refractivity contribution is 0.316. The van der Waals surface area contributed by atoms with Gasteiger partial charge in [-0.2, -0.15) is 0 Å². The summed E-state index contributed by atoms with van der Waals surface area (Å²) in [4.78, 5) is 12.3. The highest BCUT2D eigenvalue weighted by Gasteiger charge is 2.26. The van der Waals surface area contributed by atoms with Crippen LogP contribution in [-0.2, 0) is 6.54 Å². The second-order valence-corrected chi connectivity index (χ2v) is 8.49. The molecule has 2 aromatic heterocycles. The minimum Gasteiger partial charge on any atom is -0.333 e. The molecular formula is C22H31N5. The molecule has 2 aromatic rings. The van der Waals surface area contributed by atoms with Crippen LogP contribution in [0.15, 0.2) is 24.5 Å².